The summed E-state index contributed by atoms with van der Waals surface area (Å²) in [5.41, 5.74) is 0.108. The summed E-state index contributed by atoms with van der Waals surface area (Å²) in [5.74, 6) is 0. The van der Waals surface area contributed by atoms with Crippen LogP contribution in [0.25, 0.3) is 0 Å². The van der Waals surface area contributed by atoms with Crippen molar-refractivity contribution in [3.05, 3.63) is 9.98 Å². The van der Waals surface area contributed by atoms with Gasteiger partial charge in [-0.1, -0.05) is 6.92 Å². The van der Waals surface area contributed by atoms with Crippen LogP contribution in [0.5, 0.6) is 0 Å². The molecule has 0 aromatic carbocycles. The number of rotatable bonds is 3. The lowest BCUT2D eigenvalue weighted by atomic mass is 9.96. The fourth-order valence-electron chi connectivity index (χ4n) is 1.61. The number of thiazole rings is 1. The van der Waals surface area contributed by atoms with Crippen molar-refractivity contribution in [3.63, 3.8) is 0 Å². The summed E-state index contributed by atoms with van der Waals surface area (Å²) in [6.45, 7) is 3.83. The van der Waals surface area contributed by atoms with Crippen molar-refractivity contribution in [1.29, 1.82) is 0 Å². The van der Waals surface area contributed by atoms with E-state index in [1.807, 2.05) is 5.38 Å². The number of hydrogen-bond acceptors (Lipinski definition) is 4. The Labute approximate surface area is 96.0 Å². The molecule has 2 rings (SSSR count). The largest absolute Gasteiger partial charge is 0.379 e. The highest BCUT2D eigenvalue weighted by Gasteiger charge is 2.33. The molecule has 1 fully saturated rings. The highest BCUT2D eigenvalue weighted by atomic mass is 79.9. The van der Waals surface area contributed by atoms with E-state index >= 15 is 0 Å². The van der Waals surface area contributed by atoms with E-state index in [9.17, 15) is 0 Å². The van der Waals surface area contributed by atoms with Crippen molar-refractivity contribution >= 4 is 32.4 Å². The average Bonchev–Trinajstić information content (AvgIpc) is 2.77. The van der Waals surface area contributed by atoms with E-state index in [0.29, 0.717) is 0 Å². The molecule has 1 atom stereocenters. The van der Waals surface area contributed by atoms with Gasteiger partial charge in [-0.25, -0.2) is 4.98 Å². The Morgan fingerprint density at radius 2 is 2.64 bits per heavy atom. The van der Waals surface area contributed by atoms with Crippen LogP contribution in [0.4, 0.5) is 5.13 Å². The van der Waals surface area contributed by atoms with Crippen molar-refractivity contribution < 1.29 is 4.74 Å². The smallest absolute Gasteiger partial charge is 0.184 e. The Bertz CT molecular complexity index is 310. The minimum atomic E-state index is 0.108. The quantitative estimate of drug-likeness (QED) is 0.922. The molecule has 0 amide bonds. The Morgan fingerprint density at radius 1 is 1.79 bits per heavy atom. The van der Waals surface area contributed by atoms with Crippen LogP contribution in [0.15, 0.2) is 9.98 Å². The third-order valence-electron chi connectivity index (χ3n) is 2.63. The molecular weight excluding hydrogens is 264 g/mol. The summed E-state index contributed by atoms with van der Waals surface area (Å²) < 4.78 is 6.33. The molecule has 78 valence electrons. The maximum Gasteiger partial charge on any atom is 0.184 e. The molecule has 0 radical (unpaired) electrons. The van der Waals surface area contributed by atoms with Crippen molar-refractivity contribution in [2.45, 2.75) is 25.3 Å². The predicted octanol–water partition coefficient (Wildman–Crippen LogP) is 2.89. The molecule has 1 N–H and O–H groups in total. The number of hydrogen-bond donors (Lipinski definition) is 1. The van der Waals surface area contributed by atoms with Gasteiger partial charge in [0, 0.05) is 12.0 Å². The van der Waals surface area contributed by atoms with E-state index in [2.05, 4.69) is 33.2 Å². The molecule has 0 spiro atoms. The zero-order valence-corrected chi connectivity index (χ0v) is 10.4. The van der Waals surface area contributed by atoms with Crippen LogP contribution in [-0.2, 0) is 4.74 Å². The third-order valence-corrected chi connectivity index (χ3v) is 4.10. The summed E-state index contributed by atoms with van der Waals surface area (Å²) in [6.07, 6.45) is 2.14. The van der Waals surface area contributed by atoms with Crippen LogP contribution < -0.4 is 5.32 Å². The number of nitrogens with zero attached hydrogens (tertiary/aromatic N) is 1. The van der Waals surface area contributed by atoms with Gasteiger partial charge < -0.3 is 10.1 Å². The highest BCUT2D eigenvalue weighted by molar-refractivity contribution is 9.10. The highest BCUT2D eigenvalue weighted by Crippen LogP contribution is 2.29. The second-order valence-electron chi connectivity index (χ2n) is 3.54. The zero-order chi connectivity index (χ0) is 10.0. The number of anilines is 1. The summed E-state index contributed by atoms with van der Waals surface area (Å²) in [7, 11) is 0. The van der Waals surface area contributed by atoms with Crippen LogP contribution in [-0.4, -0.2) is 23.7 Å². The second-order valence-corrected chi connectivity index (χ2v) is 5.21. The zero-order valence-electron chi connectivity index (χ0n) is 8.05. The molecule has 1 aromatic heterocycles. The molecule has 1 aromatic rings. The monoisotopic (exact) mass is 276 g/mol. The number of aromatic nitrogens is 1. The SMILES string of the molecule is CCC1(Nc2nc(Br)cs2)CCOC1. The van der Waals surface area contributed by atoms with Gasteiger partial charge in [-0.2, -0.15) is 0 Å². The Hall–Kier alpha value is -0.130. The molecule has 14 heavy (non-hydrogen) atoms. The summed E-state index contributed by atoms with van der Waals surface area (Å²) in [5, 5.41) is 6.44. The molecule has 5 heteroatoms. The fourth-order valence-corrected chi connectivity index (χ4v) is 2.87. The van der Waals surface area contributed by atoms with Crippen LogP contribution in [0.1, 0.15) is 19.8 Å². The molecule has 1 aliphatic heterocycles. The first kappa shape index (κ1) is 10.4. The van der Waals surface area contributed by atoms with Gasteiger partial charge in [0.15, 0.2) is 5.13 Å². The molecular formula is C9H13BrN2OS. The first-order valence-corrected chi connectivity index (χ1v) is 6.38. The third kappa shape index (κ3) is 2.10. The van der Waals surface area contributed by atoms with Crippen LogP contribution in [0.2, 0.25) is 0 Å². The first-order valence-electron chi connectivity index (χ1n) is 4.71. The number of ether oxygens (including phenoxy) is 1. The Morgan fingerprint density at radius 3 is 3.14 bits per heavy atom. The van der Waals surface area contributed by atoms with E-state index in [1.165, 1.54) is 0 Å². The van der Waals surface area contributed by atoms with Crippen molar-refractivity contribution in [3.8, 4) is 0 Å². The standard InChI is InChI=1S/C9H13BrN2OS/c1-2-9(3-4-13-6-9)12-8-11-7(10)5-14-8/h5H,2-4,6H2,1H3,(H,11,12). The molecule has 1 aliphatic rings. The minimum absolute atomic E-state index is 0.108. The first-order chi connectivity index (χ1) is 6.74. The lowest BCUT2D eigenvalue weighted by Gasteiger charge is -2.26. The maximum atomic E-state index is 5.43. The summed E-state index contributed by atoms with van der Waals surface area (Å²) >= 11 is 4.97. The van der Waals surface area contributed by atoms with Crippen molar-refractivity contribution in [1.82, 2.24) is 4.98 Å². The van der Waals surface area contributed by atoms with Gasteiger partial charge in [-0.05, 0) is 28.8 Å². The number of halogens is 1. The number of nitrogens with one attached hydrogen (secondary N) is 1. The normalized spacial score (nSPS) is 26.7. The molecule has 1 unspecified atom stereocenters. The Kier molecular flexibility index (Phi) is 3.09. The topological polar surface area (TPSA) is 34.2 Å². The molecule has 0 bridgehead atoms. The van der Waals surface area contributed by atoms with Crippen molar-refractivity contribution in [2.24, 2.45) is 0 Å². The van der Waals surface area contributed by atoms with E-state index in [4.69, 9.17) is 4.74 Å². The van der Waals surface area contributed by atoms with Gasteiger partial charge in [0.05, 0.1) is 12.1 Å². The molecule has 3 nitrogen and oxygen atoms in total. The van der Waals surface area contributed by atoms with E-state index < -0.39 is 0 Å². The molecule has 1 saturated heterocycles. The maximum absolute atomic E-state index is 5.43. The van der Waals surface area contributed by atoms with Gasteiger partial charge in [0.25, 0.3) is 0 Å². The van der Waals surface area contributed by atoms with Crippen LogP contribution >= 0.6 is 27.3 Å². The summed E-state index contributed by atoms with van der Waals surface area (Å²) in [6, 6.07) is 0. The fraction of sp³-hybridized carbons (Fsp3) is 0.667. The molecule has 0 aliphatic carbocycles. The van der Waals surface area contributed by atoms with Gasteiger partial charge in [-0.15, -0.1) is 11.3 Å². The average molecular weight is 277 g/mol. The summed E-state index contributed by atoms with van der Waals surface area (Å²) in [4.78, 5) is 4.34. The second kappa shape index (κ2) is 4.16. The molecule has 0 saturated carbocycles. The lowest BCUT2D eigenvalue weighted by Crippen LogP contribution is -2.37. The predicted molar refractivity (Wildman–Crippen MR) is 61.9 cm³/mol. The van der Waals surface area contributed by atoms with Gasteiger partial charge in [0.2, 0.25) is 0 Å². The Balaban J connectivity index is 2.08. The van der Waals surface area contributed by atoms with Gasteiger partial charge in [0.1, 0.15) is 4.60 Å². The van der Waals surface area contributed by atoms with E-state index in [0.717, 1.165) is 35.8 Å². The van der Waals surface area contributed by atoms with Crippen LogP contribution in [0.3, 0.4) is 0 Å². The molecule has 2 heterocycles. The van der Waals surface area contributed by atoms with Gasteiger partial charge in [-0.3, -0.25) is 0 Å². The minimum Gasteiger partial charge on any atom is -0.379 e. The van der Waals surface area contributed by atoms with Crippen molar-refractivity contribution in [2.75, 3.05) is 18.5 Å². The lowest BCUT2D eigenvalue weighted by molar-refractivity contribution is 0.181. The van der Waals surface area contributed by atoms with Crippen LogP contribution in [0, 0.1) is 0 Å². The van der Waals surface area contributed by atoms with E-state index in [-0.39, 0.29) is 5.54 Å². The van der Waals surface area contributed by atoms with E-state index in [1.54, 1.807) is 11.3 Å². The van der Waals surface area contributed by atoms with Gasteiger partial charge >= 0.3 is 0 Å².